The lowest BCUT2D eigenvalue weighted by atomic mass is 10.2. The molecule has 0 fully saturated rings. The molecule has 0 bridgehead atoms. The molecule has 1 N–H and O–H groups in total. The molecule has 0 aliphatic rings. The van der Waals surface area contributed by atoms with Crippen molar-refractivity contribution in [3.63, 3.8) is 0 Å². The number of hydrogen-bond donors (Lipinski definition) is 1. The highest BCUT2D eigenvalue weighted by Gasteiger charge is 2.21. The number of nitrogens with zero attached hydrogens (tertiary/aromatic N) is 2. The zero-order valence-electron chi connectivity index (χ0n) is 12.1. The van der Waals surface area contributed by atoms with Gasteiger partial charge in [-0.15, -0.1) is 0 Å². The maximum Gasteiger partial charge on any atom is 0.313 e. The first-order valence-electron chi connectivity index (χ1n) is 6.71. The van der Waals surface area contributed by atoms with Crippen molar-refractivity contribution in [2.24, 2.45) is 5.92 Å². The van der Waals surface area contributed by atoms with Gasteiger partial charge >= 0.3 is 5.69 Å². The summed E-state index contributed by atoms with van der Waals surface area (Å²) in [6, 6.07) is 4.75. The summed E-state index contributed by atoms with van der Waals surface area (Å²) in [5.41, 5.74) is 0.100. The molecule has 0 saturated heterocycles. The van der Waals surface area contributed by atoms with Gasteiger partial charge in [-0.05, 0) is 41.6 Å². The van der Waals surface area contributed by atoms with Crippen LogP contribution in [-0.2, 0) is 0 Å². The maximum atomic E-state index is 11.1. The Hall–Kier alpha value is -1.40. The van der Waals surface area contributed by atoms with Crippen LogP contribution in [0.2, 0.25) is 0 Å². The van der Waals surface area contributed by atoms with E-state index in [1.807, 2.05) is 35.6 Å². The summed E-state index contributed by atoms with van der Waals surface area (Å²) < 4.78 is 6.20. The number of ether oxygens (including phenoxy) is 1. The van der Waals surface area contributed by atoms with Crippen LogP contribution in [0.3, 0.4) is 0 Å². The van der Waals surface area contributed by atoms with Gasteiger partial charge in [0.1, 0.15) is 0 Å². The zero-order chi connectivity index (χ0) is 15.8. The van der Waals surface area contributed by atoms with Crippen molar-refractivity contribution in [3.8, 4) is 11.8 Å². The van der Waals surface area contributed by atoms with Crippen molar-refractivity contribution in [2.45, 2.75) is 20.3 Å². The van der Waals surface area contributed by atoms with E-state index in [1.54, 1.807) is 6.07 Å². The summed E-state index contributed by atoms with van der Waals surface area (Å²) in [6.45, 7) is 6.24. The molecule has 0 aliphatic carbocycles. The van der Waals surface area contributed by atoms with Crippen LogP contribution in [0.4, 0.5) is 5.69 Å². The van der Waals surface area contributed by atoms with Crippen molar-refractivity contribution in [1.29, 1.82) is 5.26 Å². The largest absolute Gasteiger partial charge is 0.486 e. The number of nitrogens with one attached hydrogen (secondary N) is 1. The minimum absolute atomic E-state index is 0.160. The molecule has 0 spiro atoms. The van der Waals surface area contributed by atoms with Crippen molar-refractivity contribution in [3.05, 3.63) is 31.4 Å². The van der Waals surface area contributed by atoms with Gasteiger partial charge in [-0.25, -0.2) is 0 Å². The fourth-order valence-corrected chi connectivity index (χ4v) is 2.50. The van der Waals surface area contributed by atoms with E-state index in [4.69, 9.17) is 10.00 Å². The number of halogens is 1. The predicted molar refractivity (Wildman–Crippen MR) is 88.3 cm³/mol. The summed E-state index contributed by atoms with van der Waals surface area (Å²) in [5.74, 6) is 0.476. The normalized spacial score (nSPS) is 11.7. The predicted octanol–water partition coefficient (Wildman–Crippen LogP) is 3.09. The van der Waals surface area contributed by atoms with Gasteiger partial charge in [-0.1, -0.05) is 13.8 Å². The molecule has 1 aromatic rings. The van der Waals surface area contributed by atoms with Crippen LogP contribution in [0, 0.1) is 30.9 Å². The molecule has 0 aromatic heterocycles. The van der Waals surface area contributed by atoms with Crippen molar-refractivity contribution >= 4 is 28.3 Å². The van der Waals surface area contributed by atoms with Crippen LogP contribution >= 0.6 is 22.6 Å². The Balaban J connectivity index is 2.79. The number of nitro benzene ring substituents is 1. The van der Waals surface area contributed by atoms with Crippen LogP contribution in [-0.4, -0.2) is 24.6 Å². The Morgan fingerprint density at radius 3 is 2.86 bits per heavy atom. The highest BCUT2D eigenvalue weighted by Crippen LogP contribution is 2.33. The third-order valence-electron chi connectivity index (χ3n) is 2.78. The molecule has 0 saturated carbocycles. The summed E-state index contributed by atoms with van der Waals surface area (Å²) in [5, 5.41) is 23.3. The van der Waals surface area contributed by atoms with E-state index in [1.165, 1.54) is 6.07 Å². The van der Waals surface area contributed by atoms with E-state index in [9.17, 15) is 10.1 Å². The first-order valence-corrected chi connectivity index (χ1v) is 7.79. The lowest BCUT2D eigenvalue weighted by molar-refractivity contribution is -0.386. The lowest BCUT2D eigenvalue weighted by Crippen LogP contribution is -2.25. The summed E-state index contributed by atoms with van der Waals surface area (Å²) in [6.07, 6.45) is 1.06. The minimum Gasteiger partial charge on any atom is -0.486 e. The Kier molecular flexibility index (Phi) is 7.39. The smallest absolute Gasteiger partial charge is 0.313 e. The SMILES string of the molecule is CCCNCC(C)COc1c(I)cc(C#N)cc1[N+](=O)[O-]. The molecule has 1 unspecified atom stereocenters. The number of nitro groups is 1. The third-order valence-corrected chi connectivity index (χ3v) is 3.58. The van der Waals surface area contributed by atoms with Crippen LogP contribution in [0.25, 0.3) is 0 Å². The Labute approximate surface area is 137 Å². The zero-order valence-corrected chi connectivity index (χ0v) is 14.2. The molecule has 114 valence electrons. The van der Waals surface area contributed by atoms with E-state index in [2.05, 4.69) is 12.2 Å². The molecule has 1 atom stereocenters. The molecule has 6 nitrogen and oxygen atoms in total. The quantitative estimate of drug-likeness (QED) is 0.312. The monoisotopic (exact) mass is 403 g/mol. The van der Waals surface area contributed by atoms with Gasteiger partial charge in [-0.3, -0.25) is 10.1 Å². The second kappa shape index (κ2) is 8.79. The number of nitriles is 1. The molecule has 1 rings (SSSR count). The highest BCUT2D eigenvalue weighted by molar-refractivity contribution is 14.1. The number of hydrogen-bond acceptors (Lipinski definition) is 5. The second-order valence-corrected chi connectivity index (χ2v) is 5.96. The third kappa shape index (κ3) is 5.47. The average Bonchev–Trinajstić information content (AvgIpc) is 2.45. The van der Waals surface area contributed by atoms with E-state index >= 15 is 0 Å². The van der Waals surface area contributed by atoms with Crippen LogP contribution in [0.15, 0.2) is 12.1 Å². The average molecular weight is 403 g/mol. The van der Waals surface area contributed by atoms with Crippen LogP contribution < -0.4 is 10.1 Å². The second-order valence-electron chi connectivity index (χ2n) is 4.80. The van der Waals surface area contributed by atoms with Crippen LogP contribution in [0.1, 0.15) is 25.8 Å². The Bertz CT molecular complexity index is 543. The Morgan fingerprint density at radius 2 is 2.29 bits per heavy atom. The van der Waals surface area contributed by atoms with E-state index in [-0.39, 0.29) is 22.9 Å². The standard InChI is InChI=1S/C14H18IN3O3/c1-3-4-17-8-10(2)9-21-14-12(15)5-11(7-16)6-13(14)18(19)20/h5-6,10,17H,3-4,8-9H2,1-2H3. The topological polar surface area (TPSA) is 88.2 Å². The number of benzene rings is 1. The van der Waals surface area contributed by atoms with E-state index in [0.29, 0.717) is 10.2 Å². The van der Waals surface area contributed by atoms with Gasteiger partial charge in [0.2, 0.25) is 5.75 Å². The van der Waals surface area contributed by atoms with Gasteiger partial charge in [0.25, 0.3) is 0 Å². The van der Waals surface area contributed by atoms with Gasteiger partial charge in [0.05, 0.1) is 26.7 Å². The first kappa shape index (κ1) is 17.7. The van der Waals surface area contributed by atoms with Crippen molar-refractivity contribution in [1.82, 2.24) is 5.32 Å². The van der Waals surface area contributed by atoms with Crippen molar-refractivity contribution < 1.29 is 9.66 Å². The first-order chi connectivity index (χ1) is 9.99. The molecular weight excluding hydrogens is 385 g/mol. The van der Waals surface area contributed by atoms with Gasteiger partial charge in [0, 0.05) is 18.5 Å². The van der Waals surface area contributed by atoms with Crippen molar-refractivity contribution in [2.75, 3.05) is 19.7 Å². The molecule has 0 amide bonds. The van der Waals surface area contributed by atoms with Gasteiger partial charge in [0.15, 0.2) is 0 Å². The van der Waals surface area contributed by atoms with E-state index < -0.39 is 4.92 Å². The maximum absolute atomic E-state index is 11.1. The summed E-state index contributed by atoms with van der Waals surface area (Å²) >= 11 is 1.95. The minimum atomic E-state index is -0.516. The van der Waals surface area contributed by atoms with Gasteiger partial charge in [-0.2, -0.15) is 5.26 Å². The molecular formula is C14H18IN3O3. The highest BCUT2D eigenvalue weighted by atomic mass is 127. The summed E-state index contributed by atoms with van der Waals surface area (Å²) in [7, 11) is 0. The fourth-order valence-electron chi connectivity index (χ4n) is 1.73. The lowest BCUT2D eigenvalue weighted by Gasteiger charge is -2.14. The molecule has 7 heteroatoms. The van der Waals surface area contributed by atoms with E-state index in [0.717, 1.165) is 19.5 Å². The fraction of sp³-hybridized carbons (Fsp3) is 0.500. The summed E-state index contributed by atoms with van der Waals surface area (Å²) in [4.78, 5) is 10.6. The molecule has 0 radical (unpaired) electrons. The van der Waals surface area contributed by atoms with Crippen LogP contribution in [0.5, 0.6) is 5.75 Å². The molecule has 21 heavy (non-hydrogen) atoms. The molecule has 0 heterocycles. The molecule has 1 aromatic carbocycles. The van der Waals surface area contributed by atoms with Gasteiger partial charge < -0.3 is 10.1 Å². The molecule has 0 aliphatic heterocycles. The Morgan fingerprint density at radius 1 is 1.57 bits per heavy atom. The number of rotatable bonds is 8.